The molecule has 6 heteroatoms. The van der Waals surface area contributed by atoms with Crippen LogP contribution in [-0.4, -0.2) is 34.8 Å². The van der Waals surface area contributed by atoms with E-state index in [1.54, 1.807) is 60.0 Å². The highest BCUT2D eigenvalue weighted by atomic mass is 16.6. The van der Waals surface area contributed by atoms with Gasteiger partial charge in [0.05, 0.1) is 24.3 Å². The zero-order chi connectivity index (χ0) is 18.5. The summed E-state index contributed by atoms with van der Waals surface area (Å²) in [5.41, 5.74) is 1.23. The predicted octanol–water partition coefficient (Wildman–Crippen LogP) is 3.03. The monoisotopic (exact) mass is 353 g/mol. The van der Waals surface area contributed by atoms with Crippen molar-refractivity contribution in [3.8, 4) is 5.88 Å². The summed E-state index contributed by atoms with van der Waals surface area (Å²) in [7, 11) is 0. The fourth-order valence-electron chi connectivity index (χ4n) is 2.83. The molecule has 26 heavy (non-hydrogen) atoms. The van der Waals surface area contributed by atoms with Crippen LogP contribution in [0.1, 0.15) is 27.6 Å². The maximum absolute atomic E-state index is 12.5. The van der Waals surface area contributed by atoms with Gasteiger partial charge in [-0.3, -0.25) is 0 Å². The Balaban J connectivity index is 2.14. The van der Waals surface area contributed by atoms with E-state index in [-0.39, 0.29) is 31.2 Å². The van der Waals surface area contributed by atoms with Gasteiger partial charge >= 0.3 is 11.9 Å². The van der Waals surface area contributed by atoms with Crippen LogP contribution in [0.4, 0.5) is 0 Å². The van der Waals surface area contributed by atoms with E-state index in [0.29, 0.717) is 16.5 Å². The first-order chi connectivity index (χ1) is 12.7. The molecule has 0 saturated carbocycles. The van der Waals surface area contributed by atoms with Crippen molar-refractivity contribution in [1.29, 1.82) is 0 Å². The Morgan fingerprint density at radius 2 is 1.69 bits per heavy atom. The third-order valence-corrected chi connectivity index (χ3v) is 3.93. The standard InChI is InChI=1S/C20H19NO5/c1-2-25-20(24)17-15-10-6-7-11-16(15)21(12-13-22)18(17)26-19(23)14-8-4-3-5-9-14/h3-11,22H,2,12-13H2,1H3. The van der Waals surface area contributed by atoms with E-state index in [4.69, 9.17) is 9.47 Å². The molecule has 0 saturated heterocycles. The number of rotatable bonds is 6. The fraction of sp³-hybridized carbons (Fsp3) is 0.200. The highest BCUT2D eigenvalue weighted by Crippen LogP contribution is 2.33. The SMILES string of the molecule is CCOC(=O)c1c(OC(=O)c2ccccc2)n(CCO)c2ccccc12. The average Bonchev–Trinajstić information content (AvgIpc) is 2.96. The van der Waals surface area contributed by atoms with E-state index in [1.165, 1.54) is 0 Å². The van der Waals surface area contributed by atoms with Crippen molar-refractivity contribution in [1.82, 2.24) is 4.57 Å². The molecule has 0 radical (unpaired) electrons. The topological polar surface area (TPSA) is 77.8 Å². The van der Waals surface area contributed by atoms with Gasteiger partial charge in [0.1, 0.15) is 5.56 Å². The zero-order valence-electron chi connectivity index (χ0n) is 14.3. The summed E-state index contributed by atoms with van der Waals surface area (Å²) in [6.07, 6.45) is 0. The fourth-order valence-corrected chi connectivity index (χ4v) is 2.83. The number of hydrogen-bond acceptors (Lipinski definition) is 5. The number of nitrogens with zero attached hydrogens (tertiary/aromatic N) is 1. The lowest BCUT2D eigenvalue weighted by Gasteiger charge is -2.11. The molecule has 1 aromatic heterocycles. The number of aliphatic hydroxyl groups excluding tert-OH is 1. The Bertz CT molecular complexity index is 930. The summed E-state index contributed by atoms with van der Waals surface area (Å²) in [6.45, 7) is 1.92. The van der Waals surface area contributed by atoms with Gasteiger partial charge in [0.15, 0.2) is 0 Å². The van der Waals surface area contributed by atoms with Crippen molar-refractivity contribution in [2.45, 2.75) is 13.5 Å². The molecule has 0 spiro atoms. The summed E-state index contributed by atoms with van der Waals surface area (Å²) in [5, 5.41) is 10.0. The van der Waals surface area contributed by atoms with Crippen LogP contribution in [0.2, 0.25) is 0 Å². The second-order valence-corrected chi connectivity index (χ2v) is 5.55. The largest absolute Gasteiger partial charge is 0.462 e. The molecular weight excluding hydrogens is 334 g/mol. The third kappa shape index (κ3) is 3.32. The first-order valence-corrected chi connectivity index (χ1v) is 8.33. The molecule has 0 atom stereocenters. The van der Waals surface area contributed by atoms with Gasteiger partial charge in [0.2, 0.25) is 5.88 Å². The second kappa shape index (κ2) is 7.84. The summed E-state index contributed by atoms with van der Waals surface area (Å²) in [5.74, 6) is -1.08. The number of ether oxygens (including phenoxy) is 2. The zero-order valence-corrected chi connectivity index (χ0v) is 14.3. The maximum Gasteiger partial charge on any atom is 0.344 e. The molecule has 0 amide bonds. The molecule has 0 bridgehead atoms. The minimum atomic E-state index is -0.585. The highest BCUT2D eigenvalue weighted by molar-refractivity contribution is 6.08. The van der Waals surface area contributed by atoms with Crippen LogP contribution in [0.3, 0.4) is 0 Å². The predicted molar refractivity (Wildman–Crippen MR) is 96.4 cm³/mol. The van der Waals surface area contributed by atoms with Gasteiger partial charge in [-0.2, -0.15) is 0 Å². The molecule has 3 aromatic rings. The van der Waals surface area contributed by atoms with Gasteiger partial charge in [-0.25, -0.2) is 9.59 Å². The molecule has 1 heterocycles. The van der Waals surface area contributed by atoms with Crippen molar-refractivity contribution < 1.29 is 24.2 Å². The molecule has 2 aromatic carbocycles. The molecule has 0 aliphatic carbocycles. The average molecular weight is 353 g/mol. The van der Waals surface area contributed by atoms with Crippen molar-refractivity contribution in [3.05, 3.63) is 65.7 Å². The third-order valence-electron chi connectivity index (χ3n) is 3.93. The Morgan fingerprint density at radius 1 is 1.00 bits per heavy atom. The first kappa shape index (κ1) is 17.7. The quantitative estimate of drug-likeness (QED) is 0.689. The molecule has 0 fully saturated rings. The van der Waals surface area contributed by atoms with Crippen LogP contribution in [0.25, 0.3) is 10.9 Å². The normalized spacial score (nSPS) is 10.7. The Labute approximate surface area is 150 Å². The number of aromatic nitrogens is 1. The lowest BCUT2D eigenvalue weighted by molar-refractivity contribution is 0.0521. The van der Waals surface area contributed by atoms with Crippen LogP contribution >= 0.6 is 0 Å². The highest BCUT2D eigenvalue weighted by Gasteiger charge is 2.27. The van der Waals surface area contributed by atoms with E-state index in [0.717, 1.165) is 0 Å². The number of hydrogen-bond donors (Lipinski definition) is 1. The van der Waals surface area contributed by atoms with Gasteiger partial charge < -0.3 is 19.1 Å². The molecule has 134 valence electrons. The molecule has 0 aliphatic heterocycles. The minimum Gasteiger partial charge on any atom is -0.462 e. The van der Waals surface area contributed by atoms with Crippen LogP contribution in [0, 0.1) is 0 Å². The van der Waals surface area contributed by atoms with Crippen LogP contribution in [0.15, 0.2) is 54.6 Å². The lowest BCUT2D eigenvalue weighted by atomic mass is 10.1. The number of benzene rings is 2. The summed E-state index contributed by atoms with van der Waals surface area (Å²) < 4.78 is 12.3. The Kier molecular flexibility index (Phi) is 5.34. The molecule has 0 aliphatic rings. The number of para-hydroxylation sites is 1. The number of esters is 2. The van der Waals surface area contributed by atoms with Gasteiger partial charge in [-0.1, -0.05) is 36.4 Å². The molecule has 3 rings (SSSR count). The smallest absolute Gasteiger partial charge is 0.344 e. The molecule has 6 nitrogen and oxygen atoms in total. The number of carbonyl (C=O) groups excluding carboxylic acids is 2. The first-order valence-electron chi connectivity index (χ1n) is 8.33. The second-order valence-electron chi connectivity index (χ2n) is 5.55. The van der Waals surface area contributed by atoms with Crippen molar-refractivity contribution in [2.24, 2.45) is 0 Å². The van der Waals surface area contributed by atoms with Gasteiger partial charge in [0.25, 0.3) is 0 Å². The van der Waals surface area contributed by atoms with Crippen molar-refractivity contribution in [2.75, 3.05) is 13.2 Å². The number of fused-ring (bicyclic) bond motifs is 1. The van der Waals surface area contributed by atoms with Crippen LogP contribution in [-0.2, 0) is 11.3 Å². The van der Waals surface area contributed by atoms with E-state index < -0.39 is 11.9 Å². The van der Waals surface area contributed by atoms with E-state index in [9.17, 15) is 14.7 Å². The Hall–Kier alpha value is -3.12. The van der Waals surface area contributed by atoms with Gasteiger partial charge in [-0.15, -0.1) is 0 Å². The van der Waals surface area contributed by atoms with Gasteiger partial charge in [0, 0.05) is 11.9 Å². The van der Waals surface area contributed by atoms with E-state index in [1.807, 2.05) is 6.07 Å². The Morgan fingerprint density at radius 3 is 2.38 bits per heavy atom. The van der Waals surface area contributed by atoms with Crippen molar-refractivity contribution in [3.63, 3.8) is 0 Å². The van der Waals surface area contributed by atoms with Crippen LogP contribution < -0.4 is 4.74 Å². The summed E-state index contributed by atoms with van der Waals surface area (Å²) in [6, 6.07) is 15.7. The van der Waals surface area contributed by atoms with E-state index in [2.05, 4.69) is 0 Å². The maximum atomic E-state index is 12.5. The van der Waals surface area contributed by atoms with Crippen molar-refractivity contribution >= 4 is 22.8 Å². The number of aliphatic hydroxyl groups is 1. The van der Waals surface area contributed by atoms with E-state index >= 15 is 0 Å². The van der Waals surface area contributed by atoms with Gasteiger partial charge in [-0.05, 0) is 25.1 Å². The van der Waals surface area contributed by atoms with Crippen LogP contribution in [0.5, 0.6) is 5.88 Å². The molecular formula is C20H19NO5. The number of carbonyl (C=O) groups is 2. The summed E-state index contributed by atoms with van der Waals surface area (Å²) >= 11 is 0. The molecule has 0 unspecified atom stereocenters. The minimum absolute atomic E-state index is 0.0764. The lowest BCUT2D eigenvalue weighted by Crippen LogP contribution is -2.16. The summed E-state index contributed by atoms with van der Waals surface area (Å²) in [4.78, 5) is 25.1. The molecule has 1 N–H and O–H groups in total.